The van der Waals surface area contributed by atoms with Crippen LogP contribution < -0.4 is 5.73 Å². The molecule has 0 amide bonds. The lowest BCUT2D eigenvalue weighted by atomic mass is 10.1. The number of rotatable bonds is 7. The van der Waals surface area contributed by atoms with Crippen molar-refractivity contribution in [2.45, 2.75) is 39.0 Å². The molecule has 0 aliphatic heterocycles. The van der Waals surface area contributed by atoms with Gasteiger partial charge < -0.3 is 5.73 Å². The molecule has 0 atom stereocenters. The fourth-order valence-corrected chi connectivity index (χ4v) is 0.880. The molecular formula is C9H17NO2. The van der Waals surface area contributed by atoms with Gasteiger partial charge in [0.15, 0.2) is 0 Å². The fraction of sp³-hybridized carbons (Fsp3) is 0.778. The highest BCUT2D eigenvalue weighted by molar-refractivity contribution is 5.85. The average Bonchev–Trinajstić information content (AvgIpc) is 2.10. The smallest absolute Gasteiger partial charge is 0.133 e. The molecule has 0 aromatic rings. The molecule has 0 spiro atoms. The van der Waals surface area contributed by atoms with E-state index >= 15 is 0 Å². The summed E-state index contributed by atoms with van der Waals surface area (Å²) < 4.78 is 0. The molecule has 0 bridgehead atoms. The zero-order valence-corrected chi connectivity index (χ0v) is 7.64. The average molecular weight is 171 g/mol. The van der Waals surface area contributed by atoms with Crippen molar-refractivity contribution in [3.05, 3.63) is 0 Å². The number of Topliss-reactive ketones (excluding diaryl/α,β-unsaturated/α-hetero) is 2. The summed E-state index contributed by atoms with van der Waals surface area (Å²) in [6, 6.07) is 0. The summed E-state index contributed by atoms with van der Waals surface area (Å²) in [7, 11) is 0. The van der Waals surface area contributed by atoms with Crippen molar-refractivity contribution in [3.63, 3.8) is 0 Å². The molecule has 3 heteroatoms. The minimum absolute atomic E-state index is 0.155. The Hall–Kier alpha value is -0.700. The van der Waals surface area contributed by atoms with Gasteiger partial charge in [0.05, 0.1) is 0 Å². The molecule has 0 radical (unpaired) electrons. The van der Waals surface area contributed by atoms with E-state index in [2.05, 4.69) is 0 Å². The summed E-state index contributed by atoms with van der Waals surface area (Å²) in [6.07, 6.45) is 2.59. The molecule has 12 heavy (non-hydrogen) atoms. The molecule has 0 aromatic heterocycles. The highest BCUT2D eigenvalue weighted by Crippen LogP contribution is 2.00. The van der Waals surface area contributed by atoms with Crippen molar-refractivity contribution in [2.75, 3.05) is 6.54 Å². The van der Waals surface area contributed by atoms with Gasteiger partial charge in [0.2, 0.25) is 0 Å². The number of carbonyl (C=O) groups is 2. The van der Waals surface area contributed by atoms with Crippen LogP contribution in [0.25, 0.3) is 0 Å². The Morgan fingerprint density at radius 3 is 2.17 bits per heavy atom. The van der Waals surface area contributed by atoms with Gasteiger partial charge in [-0.25, -0.2) is 0 Å². The monoisotopic (exact) mass is 171 g/mol. The summed E-state index contributed by atoms with van der Waals surface area (Å²) >= 11 is 0. The van der Waals surface area contributed by atoms with Crippen LogP contribution in [0.3, 0.4) is 0 Å². The van der Waals surface area contributed by atoms with Crippen molar-refractivity contribution in [1.82, 2.24) is 0 Å². The predicted molar refractivity (Wildman–Crippen MR) is 47.8 cm³/mol. The lowest BCUT2D eigenvalue weighted by Crippen LogP contribution is -2.06. The zero-order chi connectivity index (χ0) is 9.40. The van der Waals surface area contributed by atoms with Crippen LogP contribution in [0.1, 0.15) is 39.0 Å². The first kappa shape index (κ1) is 11.3. The van der Waals surface area contributed by atoms with Gasteiger partial charge in [0.25, 0.3) is 0 Å². The SMILES string of the molecule is CCC(=O)CCC(=O)CCCN. The number of ketones is 2. The Labute approximate surface area is 73.3 Å². The van der Waals surface area contributed by atoms with E-state index in [4.69, 9.17) is 5.73 Å². The molecule has 0 saturated heterocycles. The van der Waals surface area contributed by atoms with Gasteiger partial charge in [-0.05, 0) is 13.0 Å². The van der Waals surface area contributed by atoms with Crippen molar-refractivity contribution in [3.8, 4) is 0 Å². The predicted octanol–water partition coefficient (Wildman–Crippen LogP) is 1.05. The Kier molecular flexibility index (Phi) is 6.57. The normalized spacial score (nSPS) is 9.83. The van der Waals surface area contributed by atoms with Crippen LogP contribution in [0.2, 0.25) is 0 Å². The minimum atomic E-state index is 0.155. The maximum absolute atomic E-state index is 11.0. The molecule has 70 valence electrons. The van der Waals surface area contributed by atoms with Crippen LogP contribution in [0, 0.1) is 0 Å². The van der Waals surface area contributed by atoms with Crippen molar-refractivity contribution in [1.29, 1.82) is 0 Å². The number of nitrogens with two attached hydrogens (primary N) is 1. The van der Waals surface area contributed by atoms with Gasteiger partial charge in [-0.2, -0.15) is 0 Å². The van der Waals surface area contributed by atoms with Gasteiger partial charge in [-0.3, -0.25) is 9.59 Å². The van der Waals surface area contributed by atoms with Gasteiger partial charge >= 0.3 is 0 Å². The van der Waals surface area contributed by atoms with Gasteiger partial charge in [0, 0.05) is 25.7 Å². The number of carbonyl (C=O) groups excluding carboxylic acids is 2. The second-order valence-corrected chi connectivity index (χ2v) is 2.82. The summed E-state index contributed by atoms with van der Waals surface area (Å²) in [6.45, 7) is 2.36. The van der Waals surface area contributed by atoms with Crippen LogP contribution in [-0.4, -0.2) is 18.1 Å². The number of hydrogen-bond donors (Lipinski definition) is 1. The molecular weight excluding hydrogens is 154 g/mol. The van der Waals surface area contributed by atoms with E-state index in [1.807, 2.05) is 6.92 Å². The molecule has 3 nitrogen and oxygen atoms in total. The third kappa shape index (κ3) is 6.04. The summed E-state index contributed by atoms with van der Waals surface area (Å²) in [4.78, 5) is 21.8. The zero-order valence-electron chi connectivity index (χ0n) is 7.64. The van der Waals surface area contributed by atoms with Crippen LogP contribution in [0.5, 0.6) is 0 Å². The first-order valence-corrected chi connectivity index (χ1v) is 4.44. The van der Waals surface area contributed by atoms with Crippen molar-refractivity contribution < 1.29 is 9.59 Å². The molecule has 0 aliphatic carbocycles. The van der Waals surface area contributed by atoms with Gasteiger partial charge in [0.1, 0.15) is 11.6 Å². The molecule has 0 unspecified atom stereocenters. The lowest BCUT2D eigenvalue weighted by Gasteiger charge is -1.97. The van der Waals surface area contributed by atoms with E-state index in [0.717, 1.165) is 6.42 Å². The Morgan fingerprint density at radius 1 is 1.08 bits per heavy atom. The maximum Gasteiger partial charge on any atom is 0.133 e. The minimum Gasteiger partial charge on any atom is -0.330 e. The second kappa shape index (κ2) is 6.98. The van der Waals surface area contributed by atoms with E-state index in [0.29, 0.717) is 32.2 Å². The molecule has 0 aliphatic rings. The van der Waals surface area contributed by atoms with Crippen LogP contribution >= 0.6 is 0 Å². The van der Waals surface area contributed by atoms with E-state index < -0.39 is 0 Å². The Balaban J connectivity index is 3.37. The highest BCUT2D eigenvalue weighted by Gasteiger charge is 2.04. The summed E-state index contributed by atoms with van der Waals surface area (Å²) in [5.41, 5.74) is 5.24. The topological polar surface area (TPSA) is 60.2 Å². The van der Waals surface area contributed by atoms with E-state index in [9.17, 15) is 9.59 Å². The molecule has 0 aromatic carbocycles. The first-order valence-electron chi connectivity index (χ1n) is 4.44. The highest BCUT2D eigenvalue weighted by atomic mass is 16.1. The molecule has 2 N–H and O–H groups in total. The van der Waals surface area contributed by atoms with Crippen LogP contribution in [0.15, 0.2) is 0 Å². The summed E-state index contributed by atoms with van der Waals surface area (Å²) in [5, 5.41) is 0. The molecule has 0 rings (SSSR count). The maximum atomic E-state index is 11.0. The van der Waals surface area contributed by atoms with Gasteiger partial charge in [-0.15, -0.1) is 0 Å². The van der Waals surface area contributed by atoms with E-state index in [1.54, 1.807) is 0 Å². The Morgan fingerprint density at radius 2 is 1.67 bits per heavy atom. The molecule has 0 heterocycles. The third-order valence-electron chi connectivity index (χ3n) is 1.74. The standard InChI is InChI=1S/C9H17NO2/c1-2-8(11)5-6-9(12)4-3-7-10/h2-7,10H2,1H3. The fourth-order valence-electron chi connectivity index (χ4n) is 0.880. The third-order valence-corrected chi connectivity index (χ3v) is 1.74. The van der Waals surface area contributed by atoms with Gasteiger partial charge in [-0.1, -0.05) is 6.92 Å². The first-order chi connectivity index (χ1) is 5.70. The van der Waals surface area contributed by atoms with E-state index in [-0.39, 0.29) is 11.6 Å². The van der Waals surface area contributed by atoms with E-state index in [1.165, 1.54) is 0 Å². The van der Waals surface area contributed by atoms with Crippen LogP contribution in [-0.2, 0) is 9.59 Å². The van der Waals surface area contributed by atoms with Crippen molar-refractivity contribution >= 4 is 11.6 Å². The lowest BCUT2D eigenvalue weighted by molar-refractivity contribution is -0.124. The second-order valence-electron chi connectivity index (χ2n) is 2.82. The summed E-state index contributed by atoms with van der Waals surface area (Å²) in [5.74, 6) is 0.318. The van der Waals surface area contributed by atoms with Crippen LogP contribution in [0.4, 0.5) is 0 Å². The Bertz CT molecular complexity index is 155. The molecule has 0 saturated carbocycles. The van der Waals surface area contributed by atoms with Crippen molar-refractivity contribution in [2.24, 2.45) is 5.73 Å². The molecule has 0 fully saturated rings. The quantitative estimate of drug-likeness (QED) is 0.623. The largest absolute Gasteiger partial charge is 0.330 e. The number of hydrogen-bond acceptors (Lipinski definition) is 3.